The maximum Gasteiger partial charge on any atom is 0.319 e. The number of fused-ring (bicyclic) bond motifs is 4. The Hall–Kier alpha value is -3.17. The van der Waals surface area contributed by atoms with Crippen molar-refractivity contribution in [3.63, 3.8) is 0 Å². The van der Waals surface area contributed by atoms with Gasteiger partial charge in [-0.15, -0.1) is 0 Å². The number of anilines is 1. The molecule has 3 saturated heterocycles. The molecular formula is C28H28FN5O2S. The first-order valence-electron chi connectivity index (χ1n) is 13.0. The van der Waals surface area contributed by atoms with Crippen molar-refractivity contribution in [2.75, 3.05) is 29.5 Å². The summed E-state index contributed by atoms with van der Waals surface area (Å²) in [5.41, 5.74) is 0.889. The summed E-state index contributed by atoms with van der Waals surface area (Å²) in [6.07, 6.45) is 5.83. The number of piperazine rings is 1. The summed E-state index contributed by atoms with van der Waals surface area (Å²) in [5, 5.41) is 16.2. The minimum absolute atomic E-state index is 0.0325. The van der Waals surface area contributed by atoms with Crippen LogP contribution in [0.5, 0.6) is 11.8 Å². The van der Waals surface area contributed by atoms with Gasteiger partial charge in [0.1, 0.15) is 28.9 Å². The van der Waals surface area contributed by atoms with Crippen molar-refractivity contribution >= 4 is 39.3 Å². The number of thioether (sulfide) groups is 1. The molecular weight excluding hydrogens is 489 g/mol. The van der Waals surface area contributed by atoms with Gasteiger partial charge in [0.25, 0.3) is 0 Å². The van der Waals surface area contributed by atoms with E-state index in [9.17, 15) is 5.11 Å². The Labute approximate surface area is 218 Å². The highest BCUT2D eigenvalue weighted by Crippen LogP contribution is 2.38. The van der Waals surface area contributed by atoms with Crippen LogP contribution in [0.2, 0.25) is 0 Å². The van der Waals surface area contributed by atoms with Crippen molar-refractivity contribution in [3.05, 3.63) is 48.4 Å². The van der Waals surface area contributed by atoms with E-state index in [2.05, 4.69) is 20.2 Å². The fraction of sp³-hybridized carbons (Fsp3) is 0.393. The summed E-state index contributed by atoms with van der Waals surface area (Å²) in [4.78, 5) is 16.2. The van der Waals surface area contributed by atoms with Gasteiger partial charge in [-0.1, -0.05) is 24.3 Å². The number of pyridine rings is 1. The van der Waals surface area contributed by atoms with E-state index in [1.54, 1.807) is 18.3 Å². The van der Waals surface area contributed by atoms with Crippen LogP contribution >= 0.6 is 11.8 Å². The lowest BCUT2D eigenvalue weighted by atomic mass is 10.00. The number of hydrogen-bond acceptors (Lipinski definition) is 8. The van der Waals surface area contributed by atoms with Crippen LogP contribution < -0.4 is 15.0 Å². The summed E-state index contributed by atoms with van der Waals surface area (Å²) < 4.78 is 22.6. The molecule has 3 aliphatic heterocycles. The zero-order chi connectivity index (χ0) is 24.9. The van der Waals surface area contributed by atoms with E-state index < -0.39 is 5.82 Å². The molecule has 2 aromatic heterocycles. The van der Waals surface area contributed by atoms with E-state index in [0.29, 0.717) is 28.9 Å². The number of halogens is 1. The molecule has 190 valence electrons. The van der Waals surface area contributed by atoms with E-state index >= 15 is 4.39 Å². The monoisotopic (exact) mass is 517 g/mol. The molecule has 2 aromatic carbocycles. The molecule has 37 heavy (non-hydrogen) atoms. The SMILES string of the molecule is Oc1cc(-c2ncc3c(N4CC5CCC(C4)N5)nc(OC4CCSCC4)nc3c2F)c2ccccc2c1. The number of nitrogens with zero attached hydrogens (tertiary/aromatic N) is 4. The highest BCUT2D eigenvalue weighted by Gasteiger charge is 2.34. The first kappa shape index (κ1) is 23.0. The molecule has 0 amide bonds. The first-order valence-corrected chi connectivity index (χ1v) is 14.1. The molecule has 0 radical (unpaired) electrons. The summed E-state index contributed by atoms with van der Waals surface area (Å²) in [7, 11) is 0. The van der Waals surface area contributed by atoms with Gasteiger partial charge in [-0.3, -0.25) is 4.98 Å². The largest absolute Gasteiger partial charge is 0.508 e. The number of phenolic OH excluding ortho intramolecular Hbond substituents is 1. The van der Waals surface area contributed by atoms with Crippen LogP contribution in [0.1, 0.15) is 25.7 Å². The third-order valence-electron chi connectivity index (χ3n) is 7.70. The van der Waals surface area contributed by atoms with Gasteiger partial charge in [0.05, 0.1) is 5.39 Å². The van der Waals surface area contributed by atoms with Crippen LogP contribution in [0.3, 0.4) is 0 Å². The van der Waals surface area contributed by atoms with E-state index in [0.717, 1.165) is 61.1 Å². The van der Waals surface area contributed by atoms with Gasteiger partial charge in [0.2, 0.25) is 0 Å². The Morgan fingerprint density at radius 2 is 1.78 bits per heavy atom. The highest BCUT2D eigenvalue weighted by molar-refractivity contribution is 7.99. The number of benzene rings is 2. The maximum atomic E-state index is 16.4. The van der Waals surface area contributed by atoms with Crippen molar-refractivity contribution in [1.29, 1.82) is 0 Å². The molecule has 2 unspecified atom stereocenters. The van der Waals surface area contributed by atoms with Crippen molar-refractivity contribution in [2.24, 2.45) is 0 Å². The van der Waals surface area contributed by atoms with Crippen LogP contribution in [0.15, 0.2) is 42.6 Å². The van der Waals surface area contributed by atoms with Crippen molar-refractivity contribution in [3.8, 4) is 23.0 Å². The molecule has 9 heteroatoms. The number of ether oxygens (including phenoxy) is 1. The van der Waals surface area contributed by atoms with Gasteiger partial charge in [-0.2, -0.15) is 21.7 Å². The van der Waals surface area contributed by atoms with Crippen LogP contribution in [0.25, 0.3) is 32.9 Å². The van der Waals surface area contributed by atoms with Crippen LogP contribution in [-0.4, -0.2) is 62.8 Å². The molecule has 5 heterocycles. The molecule has 4 aromatic rings. The number of phenols is 1. The number of rotatable bonds is 4. The van der Waals surface area contributed by atoms with E-state index in [4.69, 9.17) is 9.72 Å². The number of aromatic hydroxyl groups is 1. The summed E-state index contributed by atoms with van der Waals surface area (Å²) in [5.74, 6) is 2.30. The van der Waals surface area contributed by atoms with Crippen LogP contribution in [0.4, 0.5) is 10.2 Å². The fourth-order valence-corrected chi connectivity index (χ4v) is 6.97. The van der Waals surface area contributed by atoms with Crippen molar-refractivity contribution in [2.45, 2.75) is 43.9 Å². The molecule has 7 rings (SSSR count). The van der Waals surface area contributed by atoms with E-state index in [-0.39, 0.29) is 29.1 Å². The van der Waals surface area contributed by atoms with Gasteiger partial charge >= 0.3 is 6.01 Å². The molecule has 0 aliphatic carbocycles. The van der Waals surface area contributed by atoms with Gasteiger partial charge in [-0.25, -0.2) is 4.39 Å². The average molecular weight is 518 g/mol. The normalized spacial score (nSPS) is 22.1. The summed E-state index contributed by atoms with van der Waals surface area (Å²) in [6, 6.07) is 11.9. The Morgan fingerprint density at radius 1 is 1.00 bits per heavy atom. The number of nitrogens with one attached hydrogen (secondary N) is 1. The smallest absolute Gasteiger partial charge is 0.319 e. The Kier molecular flexibility index (Phi) is 5.77. The summed E-state index contributed by atoms with van der Waals surface area (Å²) in [6.45, 7) is 1.62. The minimum Gasteiger partial charge on any atom is -0.508 e. The van der Waals surface area contributed by atoms with E-state index in [1.807, 2.05) is 36.0 Å². The first-order chi connectivity index (χ1) is 18.1. The fourth-order valence-electron chi connectivity index (χ4n) is 5.91. The zero-order valence-corrected chi connectivity index (χ0v) is 21.2. The van der Waals surface area contributed by atoms with Crippen molar-refractivity contribution in [1.82, 2.24) is 20.3 Å². The third-order valence-corrected chi connectivity index (χ3v) is 8.75. The standard InChI is InChI=1S/C28H28FN5O2S/c29-24-25(22-12-19(35)11-16-3-1-2-4-21(16)22)30-13-23-26(24)32-28(36-20-7-9-37-10-8-20)33-27(23)34-14-17-5-6-18(15-34)31-17/h1-4,11-13,17-18,20,31,35H,5-10,14-15H2. The van der Waals surface area contributed by atoms with Crippen LogP contribution in [-0.2, 0) is 0 Å². The predicted molar refractivity (Wildman–Crippen MR) is 145 cm³/mol. The molecule has 0 saturated carbocycles. The van der Waals surface area contributed by atoms with Gasteiger partial charge in [-0.05, 0) is 60.1 Å². The molecule has 3 fully saturated rings. The lowest BCUT2D eigenvalue weighted by Crippen LogP contribution is -2.51. The molecule has 3 aliphatic rings. The second-order valence-electron chi connectivity index (χ2n) is 10.2. The summed E-state index contributed by atoms with van der Waals surface area (Å²) >= 11 is 1.92. The number of aromatic nitrogens is 3. The van der Waals surface area contributed by atoms with Gasteiger partial charge in [0, 0.05) is 36.9 Å². The molecule has 2 bridgehead atoms. The second kappa shape index (κ2) is 9.29. The van der Waals surface area contributed by atoms with Crippen LogP contribution in [0, 0.1) is 5.82 Å². The Bertz CT molecular complexity index is 1480. The molecule has 2 N–H and O–H groups in total. The highest BCUT2D eigenvalue weighted by atomic mass is 32.2. The minimum atomic E-state index is -0.529. The predicted octanol–water partition coefficient (Wildman–Crippen LogP) is 4.90. The maximum absolute atomic E-state index is 16.4. The second-order valence-corrected chi connectivity index (χ2v) is 11.4. The van der Waals surface area contributed by atoms with Gasteiger partial charge in [0.15, 0.2) is 5.82 Å². The molecule has 0 spiro atoms. The Morgan fingerprint density at radius 3 is 2.59 bits per heavy atom. The quantitative estimate of drug-likeness (QED) is 0.395. The Balaban J connectivity index is 1.39. The van der Waals surface area contributed by atoms with E-state index in [1.165, 1.54) is 0 Å². The lowest BCUT2D eigenvalue weighted by molar-refractivity contribution is 0.176. The van der Waals surface area contributed by atoms with Crippen molar-refractivity contribution < 1.29 is 14.2 Å². The molecule has 2 atom stereocenters. The lowest BCUT2D eigenvalue weighted by Gasteiger charge is -2.34. The number of hydrogen-bond donors (Lipinski definition) is 2. The molecule has 7 nitrogen and oxygen atoms in total. The topological polar surface area (TPSA) is 83.4 Å². The third kappa shape index (κ3) is 4.24. The average Bonchev–Trinajstić information content (AvgIpc) is 3.26. The zero-order valence-electron chi connectivity index (χ0n) is 20.4. The van der Waals surface area contributed by atoms with Gasteiger partial charge < -0.3 is 20.1 Å².